The number of halogens is 3. The summed E-state index contributed by atoms with van der Waals surface area (Å²) in [5.74, 6) is -1.43. The van der Waals surface area contributed by atoms with Gasteiger partial charge in [-0.3, -0.25) is 4.98 Å². The van der Waals surface area contributed by atoms with E-state index in [0.717, 1.165) is 17.8 Å². The van der Waals surface area contributed by atoms with Crippen molar-refractivity contribution in [2.75, 3.05) is 0 Å². The van der Waals surface area contributed by atoms with Crippen molar-refractivity contribution >= 4 is 338 Å². The number of hydrogen-bond acceptors (Lipinski definition) is 4. The molecule has 3 aromatic rings. The second kappa shape index (κ2) is 39.7. The number of nitrogens with zero attached hydrogens (tertiary/aromatic N) is 2. The zero-order chi connectivity index (χ0) is 41.4. The highest BCUT2D eigenvalue weighted by Gasteiger charge is 2.18. The summed E-state index contributed by atoms with van der Waals surface area (Å²) in [4.78, 5) is 11.6. The van der Waals surface area contributed by atoms with Gasteiger partial charge in [0, 0.05) is 345 Å². The molecule has 0 saturated heterocycles. The first-order valence-electron chi connectivity index (χ1n) is 12.4. The molecule has 0 spiro atoms. The smallest absolute Gasteiger partial charge is 0.161 e. The van der Waals surface area contributed by atoms with E-state index < -0.39 is 11.6 Å². The Morgan fingerprint density at radius 1 is 0.509 bits per heavy atom. The fraction of sp³-hybridized carbons (Fsp3) is 0.250. The number of fused-ring (bicyclic) bond motifs is 1. The minimum absolute atomic E-state index is 0.123. The van der Waals surface area contributed by atoms with E-state index in [1.807, 2.05) is 190 Å². The molecule has 0 aliphatic carbocycles. The maximum atomic E-state index is 13.3. The van der Waals surface area contributed by atoms with Crippen molar-refractivity contribution in [1.29, 1.82) is 0 Å². The molecule has 0 fully saturated rings. The maximum Gasteiger partial charge on any atom is 0.161 e. The molecule has 3 rings (SSSR count). The second-order valence-electron chi connectivity index (χ2n) is 8.41. The van der Waals surface area contributed by atoms with Crippen molar-refractivity contribution in [2.45, 2.75) is 26.2 Å². The van der Waals surface area contributed by atoms with Crippen molar-refractivity contribution in [1.82, 2.24) is 15.0 Å². The van der Waals surface area contributed by atoms with Gasteiger partial charge in [-0.25, -0.2) is 13.8 Å². The monoisotopic (exact) mass is 1440 g/mol. The molecule has 0 saturated carbocycles. The molecule has 0 atom stereocenters. The van der Waals surface area contributed by atoms with Gasteiger partial charge < -0.3 is 4.98 Å². The quantitative estimate of drug-likeness (QED) is 0.382. The molecule has 0 aliphatic rings. The van der Waals surface area contributed by atoms with Crippen LogP contribution in [0.2, 0.25) is 5.02 Å². The summed E-state index contributed by atoms with van der Waals surface area (Å²) in [6.45, 7) is 6.12. The third-order valence-electron chi connectivity index (χ3n) is 4.29. The van der Waals surface area contributed by atoms with E-state index >= 15 is 0 Å². The van der Waals surface area contributed by atoms with Crippen LogP contribution in [0.5, 0.6) is 0 Å². The van der Waals surface area contributed by atoms with Crippen LogP contribution in [0, 0.1) is 11.6 Å². The van der Waals surface area contributed by atoms with E-state index in [-0.39, 0.29) is 5.41 Å². The molecule has 2 heterocycles. The van der Waals surface area contributed by atoms with E-state index in [2.05, 4.69) is 15.0 Å². The maximum absolute atomic E-state index is 13.3. The average Bonchev–Trinajstić information content (AvgIpc) is 3.59. The van der Waals surface area contributed by atoms with Crippen LogP contribution in [0.1, 0.15) is 26.5 Å². The first-order chi connectivity index (χ1) is 27.7. The summed E-state index contributed by atoms with van der Waals surface area (Å²) in [6.07, 6.45) is 1.62. The minimum Gasteiger partial charge on any atom is -0.338 e. The highest BCUT2D eigenvalue weighted by Crippen LogP contribution is 2.31. The van der Waals surface area contributed by atoms with Gasteiger partial charge in [-0.1, -0.05) is 32.4 Å². The number of rotatable bonds is 1. The van der Waals surface area contributed by atoms with Crippen LogP contribution < -0.4 is 0 Å². The van der Waals surface area contributed by atoms with Gasteiger partial charge in [0.15, 0.2) is 11.6 Å². The summed E-state index contributed by atoms with van der Waals surface area (Å²) >= 11 is 15.9. The molecular weight excluding hydrogens is 1430 g/mol. The largest absolute Gasteiger partial charge is 0.338 e. The molecule has 0 radical (unpaired) electrons. The molecule has 0 unspecified atom stereocenters. The lowest BCUT2D eigenvalue weighted by molar-refractivity contribution is 0.510. The number of nitrogens with one attached hydrogen (secondary N) is 1. The molecule has 0 amide bonds. The predicted octanol–water partition coefficient (Wildman–Crippen LogP) is 4.77. The van der Waals surface area contributed by atoms with Gasteiger partial charge in [0.2, 0.25) is 0 Å². The fourth-order valence-corrected chi connectivity index (χ4v) is 87.8. The first kappa shape index (κ1) is 58.8. The van der Waals surface area contributed by atoms with E-state index in [9.17, 15) is 8.78 Å². The first-order valence-corrected chi connectivity index (χ1v) is 58.1. The van der Waals surface area contributed by atoms with E-state index in [4.69, 9.17) is 34.0 Å². The van der Waals surface area contributed by atoms with Crippen molar-refractivity contribution in [3.8, 4) is 11.4 Å². The molecule has 2 aromatic heterocycles. The second-order valence-corrected chi connectivity index (χ2v) is 67.2. The molecule has 0 bridgehead atoms. The number of aromatic amines is 1. The third kappa shape index (κ3) is 30.6. The Kier molecular flexibility index (Phi) is 40.9. The van der Waals surface area contributed by atoms with Crippen LogP contribution >= 0.6 is 11.6 Å². The Balaban J connectivity index is 0.000000431. The number of imidazole rings is 1. The van der Waals surface area contributed by atoms with Gasteiger partial charge in [0.05, 0.1) is 21.6 Å². The van der Waals surface area contributed by atoms with Crippen molar-refractivity contribution in [3.05, 3.63) is 46.7 Å². The number of hydrogen-bond donors (Lipinski definition) is 1. The Bertz CT molecular complexity index is 3330. The summed E-state index contributed by atoms with van der Waals surface area (Å²) in [7, 11) is 58.2. The van der Waals surface area contributed by atoms with Gasteiger partial charge >= 0.3 is 0 Å². The molecular formula is C16H14ClF2N3S35. The standard InChI is InChI=1S/C16H14ClF2N3.S35/c1-16(2,3)14-4-9(17)8(7-20-14)15-21-12-5-10(18)11(19)6-13(12)22-15;1-3-5-7-9-11-13-15-17-19-21-23-25-27-29-31-33-35-34-32-30-28-26-24-22-20-18-16-14-12-10-8-6-4-2/h4-7H,1-3H3,(H,21,22);. The Morgan fingerprint density at radius 3 is 1.12 bits per heavy atom. The Hall–Kier alpha value is 5.69. The third-order valence-corrected chi connectivity index (χ3v) is 75.7. The van der Waals surface area contributed by atoms with Crippen molar-refractivity contribution in [3.63, 3.8) is 0 Å². The number of benzene rings is 1. The number of aromatic nitrogens is 3. The molecule has 41 heteroatoms. The zero-order valence-electron chi connectivity index (χ0n) is 26.6. The summed E-state index contributed by atoms with van der Waals surface area (Å²) < 4.78 is 26.5. The van der Waals surface area contributed by atoms with Gasteiger partial charge in [-0.05, 0) is 6.07 Å². The summed E-state index contributed by atoms with van der Waals surface area (Å²) in [6, 6.07) is 3.91. The molecule has 324 valence electrons. The van der Waals surface area contributed by atoms with Crippen LogP contribution in [0.3, 0.4) is 0 Å². The Labute approximate surface area is 436 Å². The van der Waals surface area contributed by atoms with Crippen LogP contribution in [0.4, 0.5) is 8.78 Å². The van der Waals surface area contributed by atoms with Gasteiger partial charge in [0.1, 0.15) is 5.82 Å². The summed E-state index contributed by atoms with van der Waals surface area (Å²) in [5, 5.41) is 0.486. The molecule has 3 nitrogen and oxygen atoms in total. The van der Waals surface area contributed by atoms with Gasteiger partial charge in [-0.2, -0.15) is 0 Å². The Morgan fingerprint density at radius 2 is 0.825 bits per heavy atom. The molecule has 1 aromatic carbocycles. The molecule has 57 heavy (non-hydrogen) atoms. The van der Waals surface area contributed by atoms with Crippen molar-refractivity contribution < 1.29 is 8.78 Å². The highest BCUT2D eigenvalue weighted by molar-refractivity contribution is 8.80. The van der Waals surface area contributed by atoms with E-state index in [1.54, 1.807) is 119 Å². The average molecular weight is 1440 g/mol. The van der Waals surface area contributed by atoms with Crippen LogP contribution in [0.15, 0.2) is 24.4 Å². The number of H-pyrrole nitrogens is 1. The van der Waals surface area contributed by atoms with Crippen LogP contribution in [-0.2, 0) is 321 Å². The van der Waals surface area contributed by atoms with Crippen LogP contribution in [0.25, 0.3) is 22.4 Å². The normalized spacial score (nSPS) is 9.37. The van der Waals surface area contributed by atoms with Gasteiger partial charge in [-0.15, -0.1) is 0 Å². The highest BCUT2D eigenvalue weighted by atomic mass is 35.5. The lowest BCUT2D eigenvalue weighted by Gasteiger charge is -2.18. The topological polar surface area (TPSA) is 41.6 Å². The molecule has 1 N–H and O–H groups in total. The molecule has 0 aliphatic heterocycles. The fourth-order valence-electron chi connectivity index (χ4n) is 2.50. The lowest BCUT2D eigenvalue weighted by Crippen LogP contribution is -2.13. The SMILES string of the molecule is CC(C)(C)c1cc(Cl)c(-c2nc3cc(F)c(F)cc3[nH]2)cn1.S=S=S=S=S=S=S=S=S=S=S=S=S=S=S=S=S=S=S=S=S=S=S=S=S=S=S=S=S=S=S=S=S=S=S. The van der Waals surface area contributed by atoms with E-state index in [1.165, 1.54) is 17.8 Å². The van der Waals surface area contributed by atoms with Crippen LogP contribution in [-0.4, -0.2) is 15.0 Å². The predicted molar refractivity (Wildman–Crippen MR) is 341 cm³/mol. The summed E-state index contributed by atoms with van der Waals surface area (Å²) in [5.41, 5.74) is 2.07. The number of pyridine rings is 1. The van der Waals surface area contributed by atoms with E-state index in [0.29, 0.717) is 27.4 Å². The minimum atomic E-state index is -0.933. The zero-order valence-corrected chi connectivity index (χ0v) is 56.0. The van der Waals surface area contributed by atoms with Gasteiger partial charge in [0.25, 0.3) is 0 Å². The lowest BCUT2D eigenvalue weighted by atomic mass is 9.91. The van der Waals surface area contributed by atoms with Crippen molar-refractivity contribution in [2.24, 2.45) is 0 Å².